The average Bonchev–Trinajstić information content (AvgIpc) is 2.86. The average molecular weight is 219 g/mol. The molecule has 0 aromatic carbocycles. The van der Waals surface area contributed by atoms with Crippen LogP contribution in [-0.4, -0.2) is 32.5 Å². The van der Waals surface area contributed by atoms with Crippen LogP contribution in [0.5, 0.6) is 0 Å². The van der Waals surface area contributed by atoms with Crippen molar-refractivity contribution in [3.05, 3.63) is 0 Å². The second kappa shape index (κ2) is 5.12. The molecule has 0 aromatic rings. The van der Waals surface area contributed by atoms with E-state index >= 15 is 0 Å². The lowest BCUT2D eigenvalue weighted by molar-refractivity contribution is 0.544. The van der Waals surface area contributed by atoms with Gasteiger partial charge in [0.15, 0.2) is 9.84 Å². The molecule has 0 aliphatic heterocycles. The molecular formula is C10H21NO2S. The van der Waals surface area contributed by atoms with Crippen molar-refractivity contribution in [2.24, 2.45) is 5.92 Å². The first-order valence-electron chi connectivity index (χ1n) is 5.47. The predicted molar refractivity (Wildman–Crippen MR) is 59.1 cm³/mol. The molecule has 1 fully saturated rings. The van der Waals surface area contributed by atoms with Gasteiger partial charge in [0.25, 0.3) is 0 Å². The van der Waals surface area contributed by atoms with E-state index in [1.165, 1.54) is 0 Å². The zero-order valence-electron chi connectivity index (χ0n) is 9.12. The van der Waals surface area contributed by atoms with E-state index in [0.717, 1.165) is 19.3 Å². The molecule has 0 saturated heterocycles. The normalized spacial score (nSPS) is 19.6. The summed E-state index contributed by atoms with van der Waals surface area (Å²) in [5.74, 6) is 1.19. The first-order valence-corrected chi connectivity index (χ1v) is 7.29. The molecule has 1 unspecified atom stereocenters. The maximum absolute atomic E-state index is 11.5. The first kappa shape index (κ1) is 12.0. The molecular weight excluding hydrogens is 198 g/mol. The summed E-state index contributed by atoms with van der Waals surface area (Å²) >= 11 is 0. The van der Waals surface area contributed by atoms with Gasteiger partial charge in [0.05, 0.1) is 11.5 Å². The Morgan fingerprint density at radius 1 is 1.43 bits per heavy atom. The highest BCUT2D eigenvalue weighted by molar-refractivity contribution is 7.91. The highest BCUT2D eigenvalue weighted by atomic mass is 32.2. The smallest absolute Gasteiger partial charge is 0.151 e. The van der Waals surface area contributed by atoms with Crippen LogP contribution in [0.1, 0.15) is 33.1 Å². The number of hydrogen-bond acceptors (Lipinski definition) is 3. The summed E-state index contributed by atoms with van der Waals surface area (Å²) in [6.45, 7) is 4.77. The molecule has 0 heterocycles. The SMILES string of the molecule is CCC(C)NCCS(=O)(=O)CC1CC1. The highest BCUT2D eigenvalue weighted by Crippen LogP contribution is 2.30. The Labute approximate surface area is 87.2 Å². The van der Waals surface area contributed by atoms with Gasteiger partial charge in [-0.2, -0.15) is 0 Å². The van der Waals surface area contributed by atoms with Crippen LogP contribution >= 0.6 is 0 Å². The summed E-state index contributed by atoms with van der Waals surface area (Å²) in [6.07, 6.45) is 3.26. The number of rotatable bonds is 7. The van der Waals surface area contributed by atoms with Crippen LogP contribution in [0.25, 0.3) is 0 Å². The first-order chi connectivity index (χ1) is 6.53. The largest absolute Gasteiger partial charge is 0.313 e. The molecule has 0 aromatic heterocycles. The minimum atomic E-state index is -2.78. The molecule has 1 atom stereocenters. The van der Waals surface area contributed by atoms with Gasteiger partial charge in [0.2, 0.25) is 0 Å². The molecule has 1 rings (SSSR count). The van der Waals surface area contributed by atoms with Crippen molar-refractivity contribution in [2.45, 2.75) is 39.2 Å². The fourth-order valence-corrected chi connectivity index (χ4v) is 2.98. The topological polar surface area (TPSA) is 46.2 Å². The second-order valence-corrected chi connectivity index (χ2v) is 6.55. The zero-order chi connectivity index (χ0) is 10.6. The predicted octanol–water partition coefficient (Wildman–Crippen LogP) is 1.20. The minimum absolute atomic E-state index is 0.299. The van der Waals surface area contributed by atoms with Gasteiger partial charge in [0.1, 0.15) is 0 Å². The van der Waals surface area contributed by atoms with Crippen molar-refractivity contribution in [1.29, 1.82) is 0 Å². The Balaban J connectivity index is 2.15. The van der Waals surface area contributed by atoms with Crippen molar-refractivity contribution in [1.82, 2.24) is 5.32 Å². The van der Waals surface area contributed by atoms with E-state index in [2.05, 4.69) is 19.2 Å². The van der Waals surface area contributed by atoms with E-state index in [0.29, 0.717) is 30.0 Å². The Morgan fingerprint density at radius 2 is 2.07 bits per heavy atom. The molecule has 0 spiro atoms. The van der Waals surface area contributed by atoms with E-state index < -0.39 is 9.84 Å². The third kappa shape index (κ3) is 4.96. The number of hydrogen-bond donors (Lipinski definition) is 1. The maximum atomic E-state index is 11.5. The number of sulfone groups is 1. The minimum Gasteiger partial charge on any atom is -0.313 e. The molecule has 0 bridgehead atoms. The van der Waals surface area contributed by atoms with Gasteiger partial charge in [-0.15, -0.1) is 0 Å². The molecule has 3 nitrogen and oxygen atoms in total. The van der Waals surface area contributed by atoms with Crippen LogP contribution < -0.4 is 5.32 Å². The standard InChI is InChI=1S/C10H21NO2S/c1-3-9(2)11-6-7-14(12,13)8-10-4-5-10/h9-11H,3-8H2,1-2H3. The quantitative estimate of drug-likeness (QED) is 0.700. The second-order valence-electron chi connectivity index (χ2n) is 4.32. The Bertz CT molecular complexity index is 257. The molecule has 84 valence electrons. The van der Waals surface area contributed by atoms with Gasteiger partial charge in [-0.05, 0) is 32.1 Å². The van der Waals surface area contributed by atoms with E-state index in [9.17, 15) is 8.42 Å². The van der Waals surface area contributed by atoms with Crippen LogP contribution in [-0.2, 0) is 9.84 Å². The lowest BCUT2D eigenvalue weighted by atomic mass is 10.3. The third-order valence-corrected chi connectivity index (χ3v) is 4.51. The molecule has 1 aliphatic carbocycles. The van der Waals surface area contributed by atoms with Crippen molar-refractivity contribution in [3.8, 4) is 0 Å². The Morgan fingerprint density at radius 3 is 2.57 bits per heavy atom. The van der Waals surface area contributed by atoms with Crippen molar-refractivity contribution in [2.75, 3.05) is 18.1 Å². The molecule has 1 N–H and O–H groups in total. The molecule has 0 amide bonds. The van der Waals surface area contributed by atoms with Gasteiger partial charge in [-0.3, -0.25) is 0 Å². The summed E-state index contributed by atoms with van der Waals surface area (Å²) in [7, 11) is -2.78. The zero-order valence-corrected chi connectivity index (χ0v) is 9.94. The van der Waals surface area contributed by atoms with E-state index in [1.807, 2.05) is 0 Å². The Hall–Kier alpha value is -0.0900. The monoisotopic (exact) mass is 219 g/mol. The Kier molecular flexibility index (Phi) is 4.38. The molecule has 1 aliphatic rings. The van der Waals surface area contributed by atoms with Gasteiger partial charge >= 0.3 is 0 Å². The lowest BCUT2D eigenvalue weighted by Crippen LogP contribution is -2.31. The summed E-state index contributed by atoms with van der Waals surface area (Å²) in [5, 5.41) is 3.20. The van der Waals surface area contributed by atoms with Gasteiger partial charge < -0.3 is 5.32 Å². The van der Waals surface area contributed by atoms with E-state index in [4.69, 9.17) is 0 Å². The number of nitrogens with one attached hydrogen (secondary N) is 1. The fourth-order valence-electron chi connectivity index (χ4n) is 1.33. The third-order valence-electron chi connectivity index (χ3n) is 2.70. The van der Waals surface area contributed by atoms with Crippen LogP contribution in [0, 0.1) is 5.92 Å². The van der Waals surface area contributed by atoms with E-state index in [1.54, 1.807) is 0 Å². The van der Waals surface area contributed by atoms with Gasteiger partial charge in [-0.1, -0.05) is 6.92 Å². The van der Waals surface area contributed by atoms with Gasteiger partial charge in [-0.25, -0.2) is 8.42 Å². The maximum Gasteiger partial charge on any atom is 0.151 e. The summed E-state index contributed by atoms with van der Waals surface area (Å²) < 4.78 is 23.0. The van der Waals surface area contributed by atoms with Gasteiger partial charge in [0, 0.05) is 12.6 Å². The summed E-state index contributed by atoms with van der Waals surface area (Å²) in [6, 6.07) is 0.422. The highest BCUT2D eigenvalue weighted by Gasteiger charge is 2.27. The van der Waals surface area contributed by atoms with Crippen LogP contribution in [0.2, 0.25) is 0 Å². The van der Waals surface area contributed by atoms with Crippen molar-refractivity contribution < 1.29 is 8.42 Å². The molecule has 1 saturated carbocycles. The van der Waals surface area contributed by atoms with Crippen molar-refractivity contribution in [3.63, 3.8) is 0 Å². The molecule has 4 heteroatoms. The lowest BCUT2D eigenvalue weighted by Gasteiger charge is -2.10. The summed E-state index contributed by atoms with van der Waals surface area (Å²) in [5.41, 5.74) is 0. The van der Waals surface area contributed by atoms with Crippen molar-refractivity contribution >= 4 is 9.84 Å². The molecule has 0 radical (unpaired) electrons. The van der Waals surface area contributed by atoms with Crippen LogP contribution in [0.15, 0.2) is 0 Å². The fraction of sp³-hybridized carbons (Fsp3) is 1.00. The van der Waals surface area contributed by atoms with E-state index in [-0.39, 0.29) is 0 Å². The van der Waals surface area contributed by atoms with Crippen LogP contribution in [0.4, 0.5) is 0 Å². The molecule has 14 heavy (non-hydrogen) atoms. The van der Waals surface area contributed by atoms with Crippen LogP contribution in [0.3, 0.4) is 0 Å². The summed E-state index contributed by atoms with van der Waals surface area (Å²) in [4.78, 5) is 0.